The number of carbonyl (C=O) groups is 1. The summed E-state index contributed by atoms with van der Waals surface area (Å²) in [6.07, 6.45) is 2.00. The molecule has 2 N–H and O–H groups in total. The summed E-state index contributed by atoms with van der Waals surface area (Å²) in [5.41, 5.74) is 0. The second kappa shape index (κ2) is 7.88. The minimum Gasteiger partial charge on any atom is -0.493 e. The lowest BCUT2D eigenvalue weighted by Gasteiger charge is -2.17. The molecule has 2 atom stereocenters. The van der Waals surface area contributed by atoms with Crippen LogP contribution in [0.5, 0.6) is 11.5 Å². The van der Waals surface area contributed by atoms with Gasteiger partial charge >= 0.3 is 0 Å². The maximum Gasteiger partial charge on any atom is 0.237 e. The number of amides is 1. The highest BCUT2D eigenvalue weighted by Crippen LogP contribution is 2.26. The number of hydrogen-bond acceptors (Lipinski definition) is 4. The minimum absolute atomic E-state index is 0.0210. The zero-order valence-electron chi connectivity index (χ0n) is 12.7. The molecule has 0 saturated carbocycles. The van der Waals surface area contributed by atoms with Gasteiger partial charge in [0.1, 0.15) is 0 Å². The minimum atomic E-state index is -0.0210. The van der Waals surface area contributed by atoms with Gasteiger partial charge in [0, 0.05) is 12.5 Å². The van der Waals surface area contributed by atoms with E-state index in [1.54, 1.807) is 7.11 Å². The number of hydrogen-bond donors (Lipinski definition) is 2. The van der Waals surface area contributed by atoms with Crippen LogP contribution in [-0.2, 0) is 4.79 Å². The van der Waals surface area contributed by atoms with Crippen molar-refractivity contribution < 1.29 is 14.3 Å². The van der Waals surface area contributed by atoms with Crippen LogP contribution >= 0.6 is 0 Å². The fourth-order valence-electron chi connectivity index (χ4n) is 2.34. The number of carbonyl (C=O) groups excluding carboxylic acids is 1. The normalized spacial score (nSPS) is 19.0. The molecule has 0 aliphatic carbocycles. The Balaban J connectivity index is 1.71. The molecule has 5 nitrogen and oxygen atoms in total. The Morgan fingerprint density at radius 1 is 1.43 bits per heavy atom. The lowest BCUT2D eigenvalue weighted by Crippen LogP contribution is -2.42. The predicted molar refractivity (Wildman–Crippen MR) is 81.7 cm³/mol. The van der Waals surface area contributed by atoms with Gasteiger partial charge in [-0.2, -0.15) is 0 Å². The zero-order valence-corrected chi connectivity index (χ0v) is 12.7. The fourth-order valence-corrected chi connectivity index (χ4v) is 2.34. The third kappa shape index (κ3) is 4.63. The summed E-state index contributed by atoms with van der Waals surface area (Å²) in [6, 6.07) is 7.55. The van der Waals surface area contributed by atoms with E-state index >= 15 is 0 Å². The molecule has 0 spiro atoms. The molecular weight excluding hydrogens is 268 g/mol. The van der Waals surface area contributed by atoms with Crippen molar-refractivity contribution in [3.63, 3.8) is 0 Å². The Morgan fingerprint density at radius 3 is 2.86 bits per heavy atom. The highest BCUT2D eigenvalue weighted by atomic mass is 16.5. The van der Waals surface area contributed by atoms with Crippen molar-refractivity contribution in [1.29, 1.82) is 0 Å². The smallest absolute Gasteiger partial charge is 0.237 e. The van der Waals surface area contributed by atoms with E-state index in [2.05, 4.69) is 17.6 Å². The quantitative estimate of drug-likeness (QED) is 0.801. The molecule has 0 aromatic heterocycles. The highest BCUT2D eigenvalue weighted by molar-refractivity contribution is 5.81. The SMILES string of the molecule is COc1ccccc1OC[C@H](C)CNC(=O)[C@H]1CCCN1. The third-order valence-electron chi connectivity index (χ3n) is 3.59. The van der Waals surface area contributed by atoms with Crippen molar-refractivity contribution in [2.24, 2.45) is 5.92 Å². The first-order chi connectivity index (χ1) is 10.2. The first-order valence-electron chi connectivity index (χ1n) is 7.47. The molecule has 2 rings (SSSR count). The molecule has 1 amide bonds. The van der Waals surface area contributed by atoms with E-state index in [0.717, 1.165) is 30.9 Å². The summed E-state index contributed by atoms with van der Waals surface area (Å²) in [6.45, 7) is 4.15. The van der Waals surface area contributed by atoms with Crippen molar-refractivity contribution >= 4 is 5.91 Å². The molecule has 1 aromatic rings. The van der Waals surface area contributed by atoms with Gasteiger partial charge in [0.05, 0.1) is 19.8 Å². The van der Waals surface area contributed by atoms with Gasteiger partial charge in [-0.05, 0) is 31.5 Å². The predicted octanol–water partition coefficient (Wildman–Crippen LogP) is 1.58. The first-order valence-corrected chi connectivity index (χ1v) is 7.47. The number of nitrogens with one attached hydrogen (secondary N) is 2. The van der Waals surface area contributed by atoms with Gasteiger partial charge in [-0.1, -0.05) is 19.1 Å². The van der Waals surface area contributed by atoms with Crippen molar-refractivity contribution in [2.75, 3.05) is 26.8 Å². The molecule has 1 aliphatic heterocycles. The average Bonchev–Trinajstić information content (AvgIpc) is 3.05. The molecule has 1 aromatic carbocycles. The second-order valence-electron chi connectivity index (χ2n) is 5.46. The number of para-hydroxylation sites is 2. The number of benzene rings is 1. The summed E-state index contributed by atoms with van der Waals surface area (Å²) < 4.78 is 11.0. The summed E-state index contributed by atoms with van der Waals surface area (Å²) in [5.74, 6) is 1.79. The van der Waals surface area contributed by atoms with Crippen LogP contribution in [-0.4, -0.2) is 38.8 Å². The topological polar surface area (TPSA) is 59.6 Å². The molecule has 21 heavy (non-hydrogen) atoms. The van der Waals surface area contributed by atoms with Crippen molar-refractivity contribution in [2.45, 2.75) is 25.8 Å². The van der Waals surface area contributed by atoms with E-state index in [-0.39, 0.29) is 17.9 Å². The van der Waals surface area contributed by atoms with Crippen molar-refractivity contribution in [1.82, 2.24) is 10.6 Å². The Kier molecular flexibility index (Phi) is 5.87. The Labute approximate surface area is 126 Å². The van der Waals surface area contributed by atoms with Crippen LogP contribution in [0.2, 0.25) is 0 Å². The lowest BCUT2D eigenvalue weighted by atomic mass is 10.1. The first kappa shape index (κ1) is 15.6. The molecule has 116 valence electrons. The molecule has 1 fully saturated rings. The number of methoxy groups -OCH3 is 1. The van der Waals surface area contributed by atoms with Crippen LogP contribution < -0.4 is 20.1 Å². The molecule has 0 unspecified atom stereocenters. The van der Waals surface area contributed by atoms with Crippen LogP contribution in [0.4, 0.5) is 0 Å². The summed E-state index contributed by atoms with van der Waals surface area (Å²) >= 11 is 0. The van der Waals surface area contributed by atoms with Gasteiger partial charge in [-0.3, -0.25) is 4.79 Å². The van der Waals surface area contributed by atoms with Crippen LogP contribution in [0.1, 0.15) is 19.8 Å². The highest BCUT2D eigenvalue weighted by Gasteiger charge is 2.21. The van der Waals surface area contributed by atoms with Gasteiger partial charge in [0.25, 0.3) is 0 Å². The van der Waals surface area contributed by atoms with Crippen LogP contribution in [0.15, 0.2) is 24.3 Å². The number of ether oxygens (including phenoxy) is 2. The summed E-state index contributed by atoms with van der Waals surface area (Å²) in [4.78, 5) is 11.9. The fraction of sp³-hybridized carbons (Fsp3) is 0.562. The van der Waals surface area contributed by atoms with E-state index in [4.69, 9.17) is 9.47 Å². The van der Waals surface area contributed by atoms with Gasteiger partial charge < -0.3 is 20.1 Å². The largest absolute Gasteiger partial charge is 0.493 e. The lowest BCUT2D eigenvalue weighted by molar-refractivity contribution is -0.123. The van der Waals surface area contributed by atoms with Gasteiger partial charge in [0.15, 0.2) is 11.5 Å². The van der Waals surface area contributed by atoms with Gasteiger partial charge in [-0.25, -0.2) is 0 Å². The van der Waals surface area contributed by atoms with Gasteiger partial charge in [0.2, 0.25) is 5.91 Å². The average molecular weight is 292 g/mol. The van der Waals surface area contributed by atoms with E-state index < -0.39 is 0 Å². The zero-order chi connectivity index (χ0) is 15.1. The molecule has 0 radical (unpaired) electrons. The van der Waals surface area contributed by atoms with E-state index in [1.165, 1.54) is 0 Å². The maximum absolute atomic E-state index is 11.9. The van der Waals surface area contributed by atoms with Crippen LogP contribution in [0.25, 0.3) is 0 Å². The Hall–Kier alpha value is -1.75. The molecule has 0 bridgehead atoms. The summed E-state index contributed by atoms with van der Waals surface area (Å²) in [5, 5.41) is 6.17. The van der Waals surface area contributed by atoms with E-state index in [0.29, 0.717) is 13.2 Å². The summed E-state index contributed by atoms with van der Waals surface area (Å²) in [7, 11) is 1.63. The second-order valence-corrected chi connectivity index (χ2v) is 5.46. The number of rotatable bonds is 7. The molecule has 1 aliphatic rings. The molecular formula is C16H24N2O3. The monoisotopic (exact) mass is 292 g/mol. The van der Waals surface area contributed by atoms with Crippen molar-refractivity contribution in [3.05, 3.63) is 24.3 Å². The van der Waals surface area contributed by atoms with Crippen LogP contribution in [0, 0.1) is 5.92 Å². The van der Waals surface area contributed by atoms with Crippen molar-refractivity contribution in [3.8, 4) is 11.5 Å². The Bertz CT molecular complexity index is 459. The molecule has 1 saturated heterocycles. The van der Waals surface area contributed by atoms with E-state index in [9.17, 15) is 4.79 Å². The Morgan fingerprint density at radius 2 is 2.19 bits per heavy atom. The molecule has 1 heterocycles. The third-order valence-corrected chi connectivity index (χ3v) is 3.59. The van der Waals surface area contributed by atoms with E-state index in [1.807, 2.05) is 24.3 Å². The maximum atomic E-state index is 11.9. The molecule has 5 heteroatoms. The van der Waals surface area contributed by atoms with Gasteiger partial charge in [-0.15, -0.1) is 0 Å². The van der Waals surface area contributed by atoms with Crippen LogP contribution in [0.3, 0.4) is 0 Å². The standard InChI is InChI=1S/C16H24N2O3/c1-12(10-18-16(19)13-6-5-9-17-13)11-21-15-8-4-3-7-14(15)20-2/h3-4,7-8,12-13,17H,5-6,9-11H2,1-2H3,(H,18,19)/t12-,13-/m1/s1.